The molecule has 0 bridgehead atoms. The molecular formula is C12H11ClN2. The third-order valence-corrected chi connectivity index (χ3v) is 2.71. The van der Waals surface area contributed by atoms with E-state index in [1.165, 1.54) is 0 Å². The van der Waals surface area contributed by atoms with Crippen LogP contribution in [0.25, 0.3) is 11.3 Å². The molecule has 0 N–H and O–H groups in total. The van der Waals surface area contributed by atoms with Gasteiger partial charge >= 0.3 is 0 Å². The summed E-state index contributed by atoms with van der Waals surface area (Å²) in [5, 5.41) is 8.74. The number of benzene rings is 1. The second-order valence-electron chi connectivity index (χ2n) is 3.25. The Morgan fingerprint density at radius 3 is 2.60 bits per heavy atom. The summed E-state index contributed by atoms with van der Waals surface area (Å²) in [6.45, 7) is 2.05. The van der Waals surface area contributed by atoms with Gasteiger partial charge in [0.05, 0.1) is 11.2 Å². The molecule has 0 saturated heterocycles. The number of rotatable bonds is 2. The SMILES string of the molecule is CCc1cnnc(-c2ccccc2)c1Cl. The molecule has 0 unspecified atom stereocenters. The maximum Gasteiger partial charge on any atom is 0.112 e. The van der Waals surface area contributed by atoms with Crippen LogP contribution in [-0.2, 0) is 6.42 Å². The first-order valence-corrected chi connectivity index (χ1v) is 5.26. The summed E-state index contributed by atoms with van der Waals surface area (Å²) < 4.78 is 0. The molecule has 0 saturated carbocycles. The van der Waals surface area contributed by atoms with E-state index in [0.29, 0.717) is 5.02 Å². The van der Waals surface area contributed by atoms with Crippen LogP contribution >= 0.6 is 11.6 Å². The molecule has 0 aliphatic carbocycles. The molecule has 0 aliphatic rings. The Hall–Kier alpha value is -1.41. The first-order valence-electron chi connectivity index (χ1n) is 4.88. The van der Waals surface area contributed by atoms with Gasteiger partial charge < -0.3 is 0 Å². The zero-order valence-corrected chi connectivity index (χ0v) is 9.20. The van der Waals surface area contributed by atoms with Crippen LogP contribution in [0.5, 0.6) is 0 Å². The summed E-state index contributed by atoms with van der Waals surface area (Å²) in [6.07, 6.45) is 2.59. The molecule has 2 aromatic rings. The number of hydrogen-bond acceptors (Lipinski definition) is 2. The van der Waals surface area contributed by atoms with E-state index in [9.17, 15) is 0 Å². The van der Waals surface area contributed by atoms with Crippen LogP contribution < -0.4 is 0 Å². The number of nitrogens with zero attached hydrogens (tertiary/aromatic N) is 2. The molecule has 3 heteroatoms. The molecule has 0 radical (unpaired) electrons. The van der Waals surface area contributed by atoms with Crippen LogP contribution in [0.2, 0.25) is 5.02 Å². The van der Waals surface area contributed by atoms with Gasteiger partial charge in [0.25, 0.3) is 0 Å². The van der Waals surface area contributed by atoms with Crippen molar-refractivity contribution in [3.63, 3.8) is 0 Å². The van der Waals surface area contributed by atoms with Gasteiger partial charge in [-0.2, -0.15) is 5.10 Å². The summed E-state index contributed by atoms with van der Waals surface area (Å²) in [7, 11) is 0. The highest BCUT2D eigenvalue weighted by Gasteiger charge is 2.08. The van der Waals surface area contributed by atoms with Gasteiger partial charge in [-0.15, -0.1) is 5.10 Å². The number of halogens is 1. The fourth-order valence-corrected chi connectivity index (χ4v) is 1.77. The predicted molar refractivity (Wildman–Crippen MR) is 61.9 cm³/mol. The van der Waals surface area contributed by atoms with Crippen molar-refractivity contribution in [2.24, 2.45) is 0 Å². The van der Waals surface area contributed by atoms with Crippen molar-refractivity contribution in [3.8, 4) is 11.3 Å². The van der Waals surface area contributed by atoms with E-state index in [0.717, 1.165) is 23.2 Å². The van der Waals surface area contributed by atoms with E-state index in [2.05, 4.69) is 17.1 Å². The van der Waals surface area contributed by atoms with Crippen LogP contribution in [-0.4, -0.2) is 10.2 Å². The van der Waals surface area contributed by atoms with Crippen LogP contribution in [0.15, 0.2) is 36.5 Å². The van der Waals surface area contributed by atoms with E-state index in [1.54, 1.807) is 6.20 Å². The van der Waals surface area contributed by atoms with Crippen LogP contribution in [0.1, 0.15) is 12.5 Å². The Bertz CT molecular complexity index is 454. The molecule has 1 aromatic carbocycles. The number of aromatic nitrogens is 2. The highest BCUT2D eigenvalue weighted by atomic mass is 35.5. The monoisotopic (exact) mass is 218 g/mol. The zero-order chi connectivity index (χ0) is 10.7. The number of hydrogen-bond donors (Lipinski definition) is 0. The summed E-state index contributed by atoms with van der Waals surface area (Å²) >= 11 is 6.24. The van der Waals surface area contributed by atoms with Crippen molar-refractivity contribution in [1.29, 1.82) is 0 Å². The van der Waals surface area contributed by atoms with Gasteiger partial charge in [-0.1, -0.05) is 48.9 Å². The average Bonchev–Trinajstić information content (AvgIpc) is 2.30. The third kappa shape index (κ3) is 2.00. The molecule has 1 aromatic heterocycles. The minimum absolute atomic E-state index is 0.707. The van der Waals surface area contributed by atoms with Crippen molar-refractivity contribution in [2.75, 3.05) is 0 Å². The molecule has 15 heavy (non-hydrogen) atoms. The molecular weight excluding hydrogens is 208 g/mol. The minimum Gasteiger partial charge on any atom is -0.158 e. The Kier molecular flexibility index (Phi) is 2.97. The lowest BCUT2D eigenvalue weighted by Gasteiger charge is -2.05. The highest BCUT2D eigenvalue weighted by molar-refractivity contribution is 6.33. The molecule has 76 valence electrons. The average molecular weight is 219 g/mol. The van der Waals surface area contributed by atoms with Gasteiger partial charge in [-0.3, -0.25) is 0 Å². The van der Waals surface area contributed by atoms with Gasteiger partial charge in [-0.25, -0.2) is 0 Å². The molecule has 2 nitrogen and oxygen atoms in total. The van der Waals surface area contributed by atoms with Crippen LogP contribution in [0.3, 0.4) is 0 Å². The van der Waals surface area contributed by atoms with Gasteiger partial charge in [0.15, 0.2) is 0 Å². The van der Waals surface area contributed by atoms with Gasteiger partial charge in [0, 0.05) is 5.56 Å². The van der Waals surface area contributed by atoms with Gasteiger partial charge in [0.2, 0.25) is 0 Å². The summed E-state index contributed by atoms with van der Waals surface area (Å²) in [6, 6.07) is 9.86. The molecule has 0 aliphatic heterocycles. The van der Waals surface area contributed by atoms with E-state index in [1.807, 2.05) is 30.3 Å². The lowest BCUT2D eigenvalue weighted by molar-refractivity contribution is 0.989. The summed E-state index contributed by atoms with van der Waals surface area (Å²) in [5.41, 5.74) is 2.80. The predicted octanol–water partition coefficient (Wildman–Crippen LogP) is 3.36. The fraction of sp³-hybridized carbons (Fsp3) is 0.167. The van der Waals surface area contributed by atoms with E-state index < -0.39 is 0 Å². The van der Waals surface area contributed by atoms with E-state index in [-0.39, 0.29) is 0 Å². The second kappa shape index (κ2) is 4.41. The van der Waals surface area contributed by atoms with Crippen molar-refractivity contribution >= 4 is 11.6 Å². The lowest BCUT2D eigenvalue weighted by Crippen LogP contribution is -1.93. The Morgan fingerprint density at radius 2 is 1.93 bits per heavy atom. The Morgan fingerprint density at radius 1 is 1.20 bits per heavy atom. The molecule has 0 atom stereocenters. The lowest BCUT2D eigenvalue weighted by atomic mass is 10.1. The first kappa shape index (κ1) is 10.1. The fourth-order valence-electron chi connectivity index (χ4n) is 1.44. The molecule has 0 amide bonds. The Balaban J connectivity index is 2.54. The van der Waals surface area contributed by atoms with E-state index >= 15 is 0 Å². The van der Waals surface area contributed by atoms with Crippen molar-refractivity contribution in [1.82, 2.24) is 10.2 Å². The number of aryl methyl sites for hydroxylation is 1. The maximum atomic E-state index is 6.24. The van der Waals surface area contributed by atoms with Crippen molar-refractivity contribution < 1.29 is 0 Å². The highest BCUT2D eigenvalue weighted by Crippen LogP contribution is 2.27. The first-order chi connectivity index (χ1) is 7.33. The normalized spacial score (nSPS) is 10.3. The van der Waals surface area contributed by atoms with E-state index in [4.69, 9.17) is 11.6 Å². The summed E-state index contributed by atoms with van der Waals surface area (Å²) in [4.78, 5) is 0. The van der Waals surface area contributed by atoms with Gasteiger partial charge in [-0.05, 0) is 12.0 Å². The van der Waals surface area contributed by atoms with Crippen molar-refractivity contribution in [3.05, 3.63) is 47.1 Å². The Labute approximate surface area is 93.9 Å². The zero-order valence-electron chi connectivity index (χ0n) is 8.44. The largest absolute Gasteiger partial charge is 0.158 e. The molecule has 0 fully saturated rings. The summed E-state index contributed by atoms with van der Waals surface area (Å²) in [5.74, 6) is 0. The van der Waals surface area contributed by atoms with Crippen molar-refractivity contribution in [2.45, 2.75) is 13.3 Å². The molecule has 1 heterocycles. The smallest absolute Gasteiger partial charge is 0.112 e. The topological polar surface area (TPSA) is 25.8 Å². The van der Waals surface area contributed by atoms with Crippen LogP contribution in [0.4, 0.5) is 0 Å². The van der Waals surface area contributed by atoms with Gasteiger partial charge in [0.1, 0.15) is 5.69 Å². The van der Waals surface area contributed by atoms with Crippen LogP contribution in [0, 0.1) is 0 Å². The maximum absolute atomic E-state index is 6.24. The quantitative estimate of drug-likeness (QED) is 0.773. The molecule has 2 rings (SSSR count). The minimum atomic E-state index is 0.707. The molecule has 0 spiro atoms. The standard InChI is InChI=1S/C12H11ClN2/c1-2-9-8-14-15-12(11(9)13)10-6-4-3-5-7-10/h3-8H,2H2,1H3. The third-order valence-electron chi connectivity index (χ3n) is 2.29. The second-order valence-corrected chi connectivity index (χ2v) is 3.63.